The summed E-state index contributed by atoms with van der Waals surface area (Å²) in [6.07, 6.45) is 1.76. The first kappa shape index (κ1) is 15.3. The van der Waals surface area contributed by atoms with Gasteiger partial charge in [0.2, 0.25) is 0 Å². The summed E-state index contributed by atoms with van der Waals surface area (Å²) in [5, 5.41) is 0. The largest absolute Gasteiger partial charge is 0.467 e. The van der Waals surface area contributed by atoms with Crippen molar-refractivity contribution in [1.82, 2.24) is 4.90 Å². The van der Waals surface area contributed by atoms with Crippen molar-refractivity contribution in [3.63, 3.8) is 0 Å². The summed E-state index contributed by atoms with van der Waals surface area (Å²) >= 11 is 0. The van der Waals surface area contributed by atoms with E-state index in [1.54, 1.807) is 0 Å². The van der Waals surface area contributed by atoms with Gasteiger partial charge in [-0.05, 0) is 31.4 Å². The fourth-order valence-corrected chi connectivity index (χ4v) is 2.40. The lowest BCUT2D eigenvalue weighted by atomic mass is 10.0. The minimum Gasteiger partial charge on any atom is -0.467 e. The van der Waals surface area contributed by atoms with Crippen molar-refractivity contribution in [3.8, 4) is 0 Å². The highest BCUT2D eigenvalue weighted by molar-refractivity contribution is 5.97. The number of amides is 1. The van der Waals surface area contributed by atoms with E-state index in [2.05, 4.69) is 4.74 Å². The lowest BCUT2D eigenvalue weighted by molar-refractivity contribution is -0.147. The Bertz CT molecular complexity index is 577. The van der Waals surface area contributed by atoms with Crippen molar-refractivity contribution in [2.24, 2.45) is 0 Å². The second-order valence-corrected chi connectivity index (χ2v) is 4.76. The van der Waals surface area contributed by atoms with Crippen molar-refractivity contribution in [1.29, 1.82) is 0 Å². The van der Waals surface area contributed by atoms with E-state index in [0.29, 0.717) is 18.9 Å². The minimum atomic E-state index is -1.70. The molecular weight excluding hydrogens is 287 g/mol. The van der Waals surface area contributed by atoms with Crippen molar-refractivity contribution >= 4 is 11.9 Å². The molecule has 1 aromatic carbocycles. The van der Waals surface area contributed by atoms with Gasteiger partial charge in [-0.3, -0.25) is 4.79 Å². The number of methoxy groups -OCH3 is 1. The number of piperidine rings is 1. The minimum absolute atomic E-state index is 0.233. The van der Waals surface area contributed by atoms with Crippen LogP contribution in [0.15, 0.2) is 12.1 Å². The summed E-state index contributed by atoms with van der Waals surface area (Å²) in [5.41, 5.74) is -0.593. The molecule has 1 aromatic rings. The zero-order valence-corrected chi connectivity index (χ0v) is 11.4. The standard InChI is InChI=1S/C14H14F3NO3/c1-21-14(20)10-4-2-3-7-18(10)13(19)8-5-6-9(15)12(17)11(8)16/h5-6,10H,2-4,7H2,1H3/t10-/m1/s1. The molecule has 0 aliphatic carbocycles. The van der Waals surface area contributed by atoms with E-state index in [9.17, 15) is 22.8 Å². The fraction of sp³-hybridized carbons (Fsp3) is 0.429. The first-order valence-electron chi connectivity index (χ1n) is 6.49. The molecule has 1 saturated heterocycles. The van der Waals surface area contributed by atoms with Gasteiger partial charge in [0.1, 0.15) is 6.04 Å². The molecular formula is C14H14F3NO3. The maximum atomic E-state index is 13.7. The Hall–Kier alpha value is -2.05. The maximum Gasteiger partial charge on any atom is 0.328 e. The van der Waals surface area contributed by atoms with E-state index in [1.165, 1.54) is 7.11 Å². The van der Waals surface area contributed by atoms with Gasteiger partial charge >= 0.3 is 5.97 Å². The zero-order chi connectivity index (χ0) is 15.6. The van der Waals surface area contributed by atoms with Gasteiger partial charge in [0.25, 0.3) is 5.91 Å². The molecule has 0 N–H and O–H groups in total. The molecule has 0 spiro atoms. The van der Waals surface area contributed by atoms with E-state index >= 15 is 0 Å². The van der Waals surface area contributed by atoms with Gasteiger partial charge in [0.05, 0.1) is 12.7 Å². The lowest BCUT2D eigenvalue weighted by Crippen LogP contribution is -2.48. The molecule has 0 bridgehead atoms. The molecule has 1 amide bonds. The third-order valence-corrected chi connectivity index (χ3v) is 3.50. The van der Waals surface area contributed by atoms with E-state index in [-0.39, 0.29) is 6.54 Å². The highest BCUT2D eigenvalue weighted by atomic mass is 19.2. The molecule has 0 saturated carbocycles. The van der Waals surface area contributed by atoms with Crippen LogP contribution in [0.25, 0.3) is 0 Å². The third-order valence-electron chi connectivity index (χ3n) is 3.50. The number of hydrogen-bond acceptors (Lipinski definition) is 3. The molecule has 0 aromatic heterocycles. The Labute approximate surface area is 119 Å². The van der Waals surface area contributed by atoms with Crippen molar-refractivity contribution < 1.29 is 27.5 Å². The van der Waals surface area contributed by atoms with Crippen LogP contribution in [0.4, 0.5) is 13.2 Å². The van der Waals surface area contributed by atoms with Crippen LogP contribution in [0.2, 0.25) is 0 Å². The van der Waals surface area contributed by atoms with E-state index in [4.69, 9.17) is 0 Å². The van der Waals surface area contributed by atoms with Gasteiger partial charge in [-0.25, -0.2) is 18.0 Å². The maximum absolute atomic E-state index is 13.7. The van der Waals surface area contributed by atoms with Gasteiger partial charge < -0.3 is 9.64 Å². The quantitative estimate of drug-likeness (QED) is 0.622. The second-order valence-electron chi connectivity index (χ2n) is 4.76. The monoisotopic (exact) mass is 301 g/mol. The Morgan fingerprint density at radius 1 is 1.19 bits per heavy atom. The van der Waals surface area contributed by atoms with Crippen LogP contribution < -0.4 is 0 Å². The van der Waals surface area contributed by atoms with Gasteiger partial charge in [0.15, 0.2) is 17.5 Å². The molecule has 114 valence electrons. The zero-order valence-electron chi connectivity index (χ0n) is 11.4. The highest BCUT2D eigenvalue weighted by Gasteiger charge is 2.35. The Kier molecular flexibility index (Phi) is 4.50. The van der Waals surface area contributed by atoms with Crippen molar-refractivity contribution in [2.75, 3.05) is 13.7 Å². The van der Waals surface area contributed by atoms with Crippen LogP contribution in [0.5, 0.6) is 0 Å². The van der Waals surface area contributed by atoms with Gasteiger partial charge in [-0.1, -0.05) is 0 Å². The number of benzene rings is 1. The van der Waals surface area contributed by atoms with Crippen LogP contribution in [-0.2, 0) is 9.53 Å². The van der Waals surface area contributed by atoms with Gasteiger partial charge in [-0.15, -0.1) is 0 Å². The molecule has 1 aliphatic rings. The fourth-order valence-electron chi connectivity index (χ4n) is 2.40. The SMILES string of the molecule is COC(=O)[C@H]1CCCCN1C(=O)c1ccc(F)c(F)c1F. The van der Waals surface area contributed by atoms with E-state index < -0.39 is 40.9 Å². The van der Waals surface area contributed by atoms with Gasteiger partial charge in [0, 0.05) is 6.54 Å². The average Bonchev–Trinajstić information content (AvgIpc) is 2.51. The number of nitrogens with zero attached hydrogens (tertiary/aromatic N) is 1. The molecule has 4 nitrogen and oxygen atoms in total. The first-order chi connectivity index (χ1) is 9.97. The number of halogens is 3. The number of ether oxygens (including phenoxy) is 1. The molecule has 0 unspecified atom stereocenters. The van der Waals surface area contributed by atoms with Crippen molar-refractivity contribution in [3.05, 3.63) is 35.1 Å². The highest BCUT2D eigenvalue weighted by Crippen LogP contribution is 2.23. The number of hydrogen-bond donors (Lipinski definition) is 0. The summed E-state index contributed by atoms with van der Waals surface area (Å²) in [5.74, 6) is -6.07. The number of rotatable bonds is 2. The summed E-state index contributed by atoms with van der Waals surface area (Å²) in [6.45, 7) is 0.233. The first-order valence-corrected chi connectivity index (χ1v) is 6.49. The summed E-state index contributed by atoms with van der Waals surface area (Å²) in [6, 6.07) is 0.727. The summed E-state index contributed by atoms with van der Waals surface area (Å²) in [4.78, 5) is 25.1. The molecule has 7 heteroatoms. The van der Waals surface area contributed by atoms with Gasteiger partial charge in [-0.2, -0.15) is 0 Å². The molecule has 1 heterocycles. The number of likely N-dealkylation sites (tertiary alicyclic amines) is 1. The molecule has 1 fully saturated rings. The Balaban J connectivity index is 2.33. The number of carbonyl (C=O) groups excluding carboxylic acids is 2. The molecule has 2 rings (SSSR count). The molecule has 0 radical (unpaired) electrons. The normalized spacial score (nSPS) is 18.5. The topological polar surface area (TPSA) is 46.6 Å². The molecule has 1 aliphatic heterocycles. The second kappa shape index (κ2) is 6.15. The van der Waals surface area contributed by atoms with Crippen LogP contribution in [0.1, 0.15) is 29.6 Å². The average molecular weight is 301 g/mol. The summed E-state index contributed by atoms with van der Waals surface area (Å²) in [7, 11) is 1.19. The predicted molar refractivity (Wildman–Crippen MR) is 67.0 cm³/mol. The van der Waals surface area contributed by atoms with Crippen molar-refractivity contribution in [2.45, 2.75) is 25.3 Å². The van der Waals surface area contributed by atoms with Crippen LogP contribution in [0, 0.1) is 17.5 Å². The Morgan fingerprint density at radius 3 is 2.57 bits per heavy atom. The number of carbonyl (C=O) groups is 2. The Morgan fingerprint density at radius 2 is 1.90 bits per heavy atom. The van der Waals surface area contributed by atoms with Crippen LogP contribution in [-0.4, -0.2) is 36.5 Å². The predicted octanol–water partition coefficient (Wildman–Crippen LogP) is 2.27. The van der Waals surface area contributed by atoms with E-state index in [0.717, 1.165) is 17.4 Å². The molecule has 21 heavy (non-hydrogen) atoms. The number of esters is 1. The molecule has 1 atom stereocenters. The third kappa shape index (κ3) is 2.86. The lowest BCUT2D eigenvalue weighted by Gasteiger charge is -2.33. The summed E-state index contributed by atoms with van der Waals surface area (Å²) < 4.78 is 44.5. The smallest absolute Gasteiger partial charge is 0.328 e. The van der Waals surface area contributed by atoms with Crippen LogP contribution in [0.3, 0.4) is 0 Å². The van der Waals surface area contributed by atoms with E-state index in [1.807, 2.05) is 0 Å². The van der Waals surface area contributed by atoms with Crippen LogP contribution >= 0.6 is 0 Å².